The van der Waals surface area contributed by atoms with E-state index in [-0.39, 0.29) is 5.82 Å². The summed E-state index contributed by atoms with van der Waals surface area (Å²) in [4.78, 5) is 8.61. The Labute approximate surface area is 109 Å². The van der Waals surface area contributed by atoms with Crippen LogP contribution in [-0.4, -0.2) is 22.6 Å². The Morgan fingerprint density at radius 2 is 2.33 bits per heavy atom. The number of rotatable bonds is 3. The van der Waals surface area contributed by atoms with Gasteiger partial charge in [-0.3, -0.25) is 4.98 Å². The molecular weight excluding hydrogens is 249 g/mol. The van der Waals surface area contributed by atoms with Crippen LogP contribution in [0.3, 0.4) is 0 Å². The van der Waals surface area contributed by atoms with Gasteiger partial charge in [-0.05, 0) is 31.5 Å². The number of halogens is 1. The Hall–Kier alpha value is -1.33. The highest BCUT2D eigenvalue weighted by Gasteiger charge is 2.16. The van der Waals surface area contributed by atoms with E-state index in [0.717, 1.165) is 29.4 Å². The van der Waals surface area contributed by atoms with E-state index in [1.807, 2.05) is 5.38 Å². The van der Waals surface area contributed by atoms with E-state index in [9.17, 15) is 4.39 Å². The van der Waals surface area contributed by atoms with Gasteiger partial charge in [-0.15, -0.1) is 11.3 Å². The highest BCUT2D eigenvalue weighted by atomic mass is 32.1. The number of aromatic nitrogens is 2. The van der Waals surface area contributed by atoms with Gasteiger partial charge in [0.05, 0.1) is 22.6 Å². The van der Waals surface area contributed by atoms with E-state index in [1.165, 1.54) is 25.1 Å². The van der Waals surface area contributed by atoms with Crippen molar-refractivity contribution in [1.82, 2.24) is 15.3 Å². The van der Waals surface area contributed by atoms with Crippen LogP contribution in [0.2, 0.25) is 0 Å². The lowest BCUT2D eigenvalue weighted by molar-refractivity contribution is 0.601. The van der Waals surface area contributed by atoms with E-state index in [0.29, 0.717) is 6.04 Å². The molecule has 94 valence electrons. The lowest BCUT2D eigenvalue weighted by Gasteiger charge is -2.06. The predicted octanol–water partition coefficient (Wildman–Crippen LogP) is 2.64. The van der Waals surface area contributed by atoms with Crippen molar-refractivity contribution >= 4 is 11.3 Å². The third-order valence-corrected chi connectivity index (χ3v) is 4.00. The summed E-state index contributed by atoms with van der Waals surface area (Å²) >= 11 is 1.65. The van der Waals surface area contributed by atoms with E-state index in [2.05, 4.69) is 15.3 Å². The van der Waals surface area contributed by atoms with Crippen LogP contribution in [0.1, 0.15) is 17.8 Å². The largest absolute Gasteiger partial charge is 0.314 e. The summed E-state index contributed by atoms with van der Waals surface area (Å²) in [5.74, 6) is -0.315. The smallest absolute Gasteiger partial charge is 0.141 e. The SMILES string of the molecule is Fc1ccc(-c2csc(CC3CCCN3)n2)nc1. The molecule has 1 saturated heterocycles. The maximum Gasteiger partial charge on any atom is 0.141 e. The molecule has 3 heterocycles. The van der Waals surface area contributed by atoms with Crippen molar-refractivity contribution in [2.24, 2.45) is 0 Å². The number of hydrogen-bond donors (Lipinski definition) is 1. The summed E-state index contributed by atoms with van der Waals surface area (Å²) in [7, 11) is 0. The average molecular weight is 263 g/mol. The molecule has 1 N–H and O–H groups in total. The standard InChI is InChI=1S/C13H14FN3S/c14-9-3-4-11(16-7-9)12-8-18-13(17-12)6-10-2-1-5-15-10/h3-4,7-8,10,15H,1-2,5-6H2. The average Bonchev–Trinajstić information content (AvgIpc) is 3.02. The Morgan fingerprint density at radius 3 is 3.06 bits per heavy atom. The highest BCUT2D eigenvalue weighted by Crippen LogP contribution is 2.22. The minimum absolute atomic E-state index is 0.315. The van der Waals surface area contributed by atoms with E-state index >= 15 is 0 Å². The zero-order valence-corrected chi connectivity index (χ0v) is 10.7. The van der Waals surface area contributed by atoms with Crippen LogP contribution < -0.4 is 5.32 Å². The Kier molecular flexibility index (Phi) is 3.34. The van der Waals surface area contributed by atoms with Crippen LogP contribution in [0, 0.1) is 5.82 Å². The third kappa shape index (κ3) is 2.57. The fourth-order valence-electron chi connectivity index (χ4n) is 2.19. The van der Waals surface area contributed by atoms with E-state index in [1.54, 1.807) is 17.4 Å². The van der Waals surface area contributed by atoms with Crippen molar-refractivity contribution in [2.45, 2.75) is 25.3 Å². The minimum Gasteiger partial charge on any atom is -0.314 e. The zero-order chi connectivity index (χ0) is 12.4. The number of nitrogens with one attached hydrogen (secondary N) is 1. The van der Waals surface area contributed by atoms with Crippen molar-refractivity contribution in [1.29, 1.82) is 0 Å². The molecule has 1 unspecified atom stereocenters. The van der Waals surface area contributed by atoms with Gasteiger partial charge in [-0.2, -0.15) is 0 Å². The first kappa shape index (κ1) is 11.7. The van der Waals surface area contributed by atoms with Crippen LogP contribution in [0.25, 0.3) is 11.4 Å². The van der Waals surface area contributed by atoms with Crippen LogP contribution in [0.5, 0.6) is 0 Å². The van der Waals surface area contributed by atoms with Gasteiger partial charge in [0, 0.05) is 17.8 Å². The number of hydrogen-bond acceptors (Lipinski definition) is 4. The molecule has 0 aromatic carbocycles. The predicted molar refractivity (Wildman–Crippen MR) is 70.0 cm³/mol. The van der Waals surface area contributed by atoms with Gasteiger partial charge < -0.3 is 5.32 Å². The Balaban J connectivity index is 1.74. The monoisotopic (exact) mass is 263 g/mol. The number of thiazole rings is 1. The summed E-state index contributed by atoms with van der Waals surface area (Å²) in [6, 6.07) is 3.65. The molecule has 2 aromatic rings. The molecule has 1 atom stereocenters. The Bertz CT molecular complexity index is 517. The van der Waals surface area contributed by atoms with Crippen LogP contribution in [0.4, 0.5) is 4.39 Å². The van der Waals surface area contributed by atoms with Gasteiger partial charge in [0.25, 0.3) is 0 Å². The molecule has 3 nitrogen and oxygen atoms in total. The highest BCUT2D eigenvalue weighted by molar-refractivity contribution is 7.09. The lowest BCUT2D eigenvalue weighted by Crippen LogP contribution is -2.23. The fraction of sp³-hybridized carbons (Fsp3) is 0.385. The number of nitrogens with zero attached hydrogens (tertiary/aromatic N) is 2. The van der Waals surface area contributed by atoms with Gasteiger partial charge in [-0.25, -0.2) is 9.37 Å². The second-order valence-corrected chi connectivity index (χ2v) is 5.43. The van der Waals surface area contributed by atoms with Crippen LogP contribution in [-0.2, 0) is 6.42 Å². The fourth-order valence-corrected chi connectivity index (χ4v) is 3.06. The normalized spacial score (nSPS) is 19.3. The van der Waals surface area contributed by atoms with E-state index in [4.69, 9.17) is 0 Å². The second-order valence-electron chi connectivity index (χ2n) is 4.49. The number of pyridine rings is 1. The molecule has 0 amide bonds. The van der Waals surface area contributed by atoms with Crippen molar-refractivity contribution in [3.05, 3.63) is 34.5 Å². The first-order valence-corrected chi connectivity index (χ1v) is 6.99. The van der Waals surface area contributed by atoms with Gasteiger partial charge >= 0.3 is 0 Å². The molecule has 1 aliphatic heterocycles. The van der Waals surface area contributed by atoms with Crippen LogP contribution in [0.15, 0.2) is 23.7 Å². The molecule has 0 bridgehead atoms. The van der Waals surface area contributed by atoms with E-state index < -0.39 is 0 Å². The molecule has 2 aromatic heterocycles. The zero-order valence-electron chi connectivity index (χ0n) is 9.90. The van der Waals surface area contributed by atoms with Gasteiger partial charge in [-0.1, -0.05) is 0 Å². The first-order chi connectivity index (χ1) is 8.81. The van der Waals surface area contributed by atoms with Crippen molar-refractivity contribution in [2.75, 3.05) is 6.54 Å². The second kappa shape index (κ2) is 5.12. The lowest BCUT2D eigenvalue weighted by atomic mass is 10.2. The molecule has 3 rings (SSSR count). The van der Waals surface area contributed by atoms with Crippen molar-refractivity contribution in [3.8, 4) is 11.4 Å². The third-order valence-electron chi connectivity index (χ3n) is 3.12. The van der Waals surface area contributed by atoms with Crippen LogP contribution >= 0.6 is 11.3 Å². The molecule has 1 fully saturated rings. The summed E-state index contributed by atoms with van der Waals surface area (Å²) < 4.78 is 12.8. The molecule has 1 aliphatic rings. The summed E-state index contributed by atoms with van der Waals surface area (Å²) in [5, 5.41) is 6.57. The van der Waals surface area contributed by atoms with Gasteiger partial charge in [0.15, 0.2) is 0 Å². The van der Waals surface area contributed by atoms with Crippen molar-refractivity contribution < 1.29 is 4.39 Å². The molecule has 0 radical (unpaired) electrons. The molecule has 18 heavy (non-hydrogen) atoms. The maximum absolute atomic E-state index is 12.8. The minimum atomic E-state index is -0.315. The molecule has 0 spiro atoms. The quantitative estimate of drug-likeness (QED) is 0.925. The van der Waals surface area contributed by atoms with Gasteiger partial charge in [0.1, 0.15) is 5.82 Å². The molecule has 0 aliphatic carbocycles. The van der Waals surface area contributed by atoms with Crippen molar-refractivity contribution in [3.63, 3.8) is 0 Å². The van der Waals surface area contributed by atoms with Gasteiger partial charge in [0.2, 0.25) is 0 Å². The summed E-state index contributed by atoms with van der Waals surface area (Å²) in [6.45, 7) is 1.11. The first-order valence-electron chi connectivity index (χ1n) is 6.11. The molecular formula is C13H14FN3S. The molecule has 5 heteroatoms. The summed E-state index contributed by atoms with van der Waals surface area (Å²) in [5.41, 5.74) is 1.58. The maximum atomic E-state index is 12.8. The Morgan fingerprint density at radius 1 is 1.39 bits per heavy atom. The summed E-state index contributed by atoms with van der Waals surface area (Å²) in [6.07, 6.45) is 4.69. The topological polar surface area (TPSA) is 37.8 Å². The molecule has 0 saturated carbocycles.